The second-order valence-corrected chi connectivity index (χ2v) is 4.00. The summed E-state index contributed by atoms with van der Waals surface area (Å²) in [4.78, 5) is 0. The van der Waals surface area contributed by atoms with Crippen LogP contribution in [0.5, 0.6) is 5.75 Å². The minimum atomic E-state index is 0.0625. The lowest BCUT2D eigenvalue weighted by Gasteiger charge is -2.14. The van der Waals surface area contributed by atoms with Gasteiger partial charge in [-0.1, -0.05) is 12.1 Å². The van der Waals surface area contributed by atoms with Gasteiger partial charge in [-0.25, -0.2) is 0 Å². The van der Waals surface area contributed by atoms with Crippen molar-refractivity contribution in [3.63, 3.8) is 0 Å². The molecule has 0 aliphatic carbocycles. The second-order valence-electron chi connectivity index (χ2n) is 4.00. The number of benzene rings is 1. The zero-order valence-electron chi connectivity index (χ0n) is 9.32. The van der Waals surface area contributed by atoms with E-state index in [1.54, 1.807) is 0 Å². The molecule has 0 amide bonds. The average molecular weight is 220 g/mol. The van der Waals surface area contributed by atoms with Crippen molar-refractivity contribution in [1.82, 2.24) is 0 Å². The summed E-state index contributed by atoms with van der Waals surface area (Å²) in [5.41, 5.74) is 7.19. The van der Waals surface area contributed by atoms with E-state index in [0.29, 0.717) is 12.2 Å². The van der Waals surface area contributed by atoms with Gasteiger partial charge in [0.1, 0.15) is 17.7 Å². The van der Waals surface area contributed by atoms with Gasteiger partial charge in [0.05, 0.1) is 13.2 Å². The van der Waals surface area contributed by atoms with E-state index >= 15 is 0 Å². The normalized spacial score (nSPS) is 19.7. The molecular formula is C12H16N2O2. The van der Waals surface area contributed by atoms with Crippen LogP contribution in [0.1, 0.15) is 17.5 Å². The van der Waals surface area contributed by atoms with Crippen LogP contribution in [-0.4, -0.2) is 25.2 Å². The first-order valence-electron chi connectivity index (χ1n) is 5.36. The number of rotatable bonds is 3. The summed E-state index contributed by atoms with van der Waals surface area (Å²) in [6.45, 7) is 3.38. The van der Waals surface area contributed by atoms with Crippen molar-refractivity contribution in [3.8, 4) is 5.75 Å². The fourth-order valence-electron chi connectivity index (χ4n) is 1.68. The van der Waals surface area contributed by atoms with E-state index in [1.807, 2.05) is 25.1 Å². The third-order valence-electron chi connectivity index (χ3n) is 2.68. The van der Waals surface area contributed by atoms with Crippen LogP contribution in [0, 0.1) is 12.3 Å². The van der Waals surface area contributed by atoms with Crippen LogP contribution in [0.25, 0.3) is 0 Å². The van der Waals surface area contributed by atoms with Crippen LogP contribution in [0.4, 0.5) is 0 Å². The van der Waals surface area contributed by atoms with Gasteiger partial charge < -0.3 is 15.2 Å². The Morgan fingerprint density at radius 3 is 3.00 bits per heavy atom. The van der Waals surface area contributed by atoms with Crippen LogP contribution in [0.2, 0.25) is 0 Å². The SMILES string of the molecule is Cc1ccc(C(=N)N)cc1OC1CCOC1. The van der Waals surface area contributed by atoms with Crippen LogP contribution < -0.4 is 10.5 Å². The minimum Gasteiger partial charge on any atom is -0.488 e. The van der Waals surface area contributed by atoms with Crippen molar-refractivity contribution < 1.29 is 9.47 Å². The Bertz CT molecular complexity index is 398. The predicted octanol–water partition coefficient (Wildman–Crippen LogP) is 1.45. The summed E-state index contributed by atoms with van der Waals surface area (Å²) in [6.07, 6.45) is 1.05. The highest BCUT2D eigenvalue weighted by atomic mass is 16.5. The highest BCUT2D eigenvalue weighted by Crippen LogP contribution is 2.22. The van der Waals surface area contributed by atoms with Gasteiger partial charge in [0.2, 0.25) is 0 Å². The van der Waals surface area contributed by atoms with Crippen LogP contribution in [-0.2, 0) is 4.74 Å². The Morgan fingerprint density at radius 2 is 2.38 bits per heavy atom. The molecule has 16 heavy (non-hydrogen) atoms. The molecule has 1 aliphatic heterocycles. The van der Waals surface area contributed by atoms with Gasteiger partial charge in [-0.15, -0.1) is 0 Å². The molecule has 0 radical (unpaired) electrons. The lowest BCUT2D eigenvalue weighted by molar-refractivity contribution is 0.141. The number of amidine groups is 1. The highest BCUT2D eigenvalue weighted by molar-refractivity contribution is 5.95. The van der Waals surface area contributed by atoms with Gasteiger partial charge in [-0.05, 0) is 18.6 Å². The van der Waals surface area contributed by atoms with Crippen molar-refractivity contribution in [1.29, 1.82) is 5.41 Å². The maximum atomic E-state index is 7.38. The summed E-state index contributed by atoms with van der Waals surface area (Å²) in [5.74, 6) is 0.857. The quantitative estimate of drug-likeness (QED) is 0.598. The molecule has 1 unspecified atom stereocenters. The van der Waals surface area contributed by atoms with Crippen molar-refractivity contribution in [2.45, 2.75) is 19.4 Å². The van der Waals surface area contributed by atoms with Gasteiger partial charge in [-0.2, -0.15) is 0 Å². The van der Waals surface area contributed by atoms with Crippen LogP contribution >= 0.6 is 0 Å². The molecule has 0 saturated carbocycles. The zero-order chi connectivity index (χ0) is 11.5. The number of hydrogen-bond donors (Lipinski definition) is 2. The summed E-state index contributed by atoms with van der Waals surface area (Å²) < 4.78 is 11.1. The first-order valence-corrected chi connectivity index (χ1v) is 5.36. The van der Waals surface area contributed by atoms with Crippen molar-refractivity contribution in [2.75, 3.05) is 13.2 Å². The van der Waals surface area contributed by atoms with Gasteiger partial charge in [0, 0.05) is 12.0 Å². The van der Waals surface area contributed by atoms with Gasteiger partial charge >= 0.3 is 0 Å². The molecule has 1 saturated heterocycles. The fraction of sp³-hybridized carbons (Fsp3) is 0.417. The third kappa shape index (κ3) is 2.33. The van der Waals surface area contributed by atoms with E-state index in [4.69, 9.17) is 20.6 Å². The molecule has 1 atom stereocenters. The lowest BCUT2D eigenvalue weighted by Crippen LogP contribution is -2.17. The van der Waals surface area contributed by atoms with E-state index in [1.165, 1.54) is 0 Å². The summed E-state index contributed by atoms with van der Waals surface area (Å²) in [5, 5.41) is 7.38. The Kier molecular flexibility index (Phi) is 3.10. The lowest BCUT2D eigenvalue weighted by atomic mass is 10.1. The van der Waals surface area contributed by atoms with Gasteiger partial charge in [0.25, 0.3) is 0 Å². The van der Waals surface area contributed by atoms with E-state index < -0.39 is 0 Å². The van der Waals surface area contributed by atoms with E-state index in [2.05, 4.69) is 0 Å². The van der Waals surface area contributed by atoms with Gasteiger partial charge in [-0.3, -0.25) is 5.41 Å². The molecule has 1 aromatic carbocycles. The van der Waals surface area contributed by atoms with Crippen molar-refractivity contribution in [3.05, 3.63) is 29.3 Å². The number of nitrogens with one attached hydrogen (secondary N) is 1. The van der Waals surface area contributed by atoms with Crippen LogP contribution in [0.3, 0.4) is 0 Å². The molecule has 1 aliphatic rings. The summed E-state index contributed by atoms with van der Waals surface area (Å²) in [6, 6.07) is 5.56. The maximum Gasteiger partial charge on any atom is 0.124 e. The second kappa shape index (κ2) is 4.53. The Labute approximate surface area is 94.9 Å². The maximum absolute atomic E-state index is 7.38. The smallest absolute Gasteiger partial charge is 0.124 e. The number of nitrogen functional groups attached to an aromatic ring is 1. The molecule has 0 aromatic heterocycles. The molecule has 1 fully saturated rings. The topological polar surface area (TPSA) is 68.3 Å². The number of ether oxygens (including phenoxy) is 2. The molecule has 0 spiro atoms. The standard InChI is InChI=1S/C12H16N2O2/c1-8-2-3-9(12(13)14)6-11(8)16-10-4-5-15-7-10/h2-3,6,10H,4-5,7H2,1H3,(H3,13,14). The molecular weight excluding hydrogens is 204 g/mol. The monoisotopic (exact) mass is 220 g/mol. The van der Waals surface area contributed by atoms with Crippen molar-refractivity contribution in [2.24, 2.45) is 5.73 Å². The van der Waals surface area contributed by atoms with E-state index in [-0.39, 0.29) is 11.9 Å². The van der Waals surface area contributed by atoms with E-state index in [0.717, 1.165) is 24.3 Å². The Hall–Kier alpha value is -1.55. The molecule has 0 bridgehead atoms. The highest BCUT2D eigenvalue weighted by Gasteiger charge is 2.18. The number of aryl methyl sites for hydroxylation is 1. The van der Waals surface area contributed by atoms with Crippen LogP contribution in [0.15, 0.2) is 18.2 Å². The molecule has 4 nitrogen and oxygen atoms in total. The third-order valence-corrected chi connectivity index (χ3v) is 2.68. The molecule has 86 valence electrons. The molecule has 3 N–H and O–H groups in total. The van der Waals surface area contributed by atoms with Crippen molar-refractivity contribution >= 4 is 5.84 Å². The average Bonchev–Trinajstić information content (AvgIpc) is 2.73. The summed E-state index contributed by atoms with van der Waals surface area (Å²) >= 11 is 0. The Morgan fingerprint density at radius 1 is 1.56 bits per heavy atom. The molecule has 1 aromatic rings. The Balaban J connectivity index is 2.17. The first kappa shape index (κ1) is 11.0. The first-order chi connectivity index (χ1) is 7.66. The molecule has 2 rings (SSSR count). The number of hydrogen-bond acceptors (Lipinski definition) is 3. The minimum absolute atomic E-state index is 0.0625. The van der Waals surface area contributed by atoms with E-state index in [9.17, 15) is 0 Å². The molecule has 1 heterocycles. The fourth-order valence-corrected chi connectivity index (χ4v) is 1.68. The summed E-state index contributed by atoms with van der Waals surface area (Å²) in [7, 11) is 0. The number of nitrogens with two attached hydrogens (primary N) is 1. The molecule has 4 heteroatoms. The predicted molar refractivity (Wildman–Crippen MR) is 62.0 cm³/mol. The largest absolute Gasteiger partial charge is 0.488 e. The van der Waals surface area contributed by atoms with Gasteiger partial charge in [0.15, 0.2) is 0 Å². The zero-order valence-corrected chi connectivity index (χ0v) is 9.32.